The van der Waals surface area contributed by atoms with Crippen molar-refractivity contribution in [1.29, 1.82) is 0 Å². The zero-order valence-corrected chi connectivity index (χ0v) is 17.1. The van der Waals surface area contributed by atoms with E-state index in [0.717, 1.165) is 24.2 Å². The van der Waals surface area contributed by atoms with E-state index in [1.165, 1.54) is 28.8 Å². The van der Waals surface area contributed by atoms with E-state index in [-0.39, 0.29) is 11.5 Å². The maximum absolute atomic E-state index is 12.7. The number of rotatable bonds is 7. The number of carbonyl (C=O) groups is 2. The summed E-state index contributed by atoms with van der Waals surface area (Å²) in [7, 11) is 1.67. The van der Waals surface area contributed by atoms with Crippen LogP contribution in [0.3, 0.4) is 0 Å². The minimum Gasteiger partial charge on any atom is -0.493 e. The second-order valence-corrected chi connectivity index (χ2v) is 7.47. The first-order valence-electron chi connectivity index (χ1n) is 9.31. The number of likely N-dealkylation sites (N-methyl/N-ethyl adjacent to an activating group) is 1. The van der Waals surface area contributed by atoms with Gasteiger partial charge >= 0.3 is 5.97 Å². The highest BCUT2D eigenvalue weighted by Crippen LogP contribution is 2.34. The summed E-state index contributed by atoms with van der Waals surface area (Å²) in [5.41, 5.74) is 1.62. The van der Waals surface area contributed by atoms with Gasteiger partial charge in [0, 0.05) is 12.6 Å². The number of benzene rings is 2. The van der Waals surface area contributed by atoms with Crippen LogP contribution in [0.1, 0.15) is 35.7 Å². The first kappa shape index (κ1) is 20.7. The van der Waals surface area contributed by atoms with Gasteiger partial charge in [-0.3, -0.25) is 9.69 Å². The summed E-state index contributed by atoms with van der Waals surface area (Å²) < 4.78 is 5.85. The molecule has 0 bridgehead atoms. The highest BCUT2D eigenvalue weighted by molar-refractivity contribution is 8.18. The molecular formula is C22H22N2O4S. The second kappa shape index (κ2) is 9.43. The lowest BCUT2D eigenvalue weighted by atomic mass is 10.2. The predicted octanol–water partition coefficient (Wildman–Crippen LogP) is 4.80. The Labute approximate surface area is 173 Å². The van der Waals surface area contributed by atoms with Crippen LogP contribution in [0.25, 0.3) is 6.08 Å². The van der Waals surface area contributed by atoms with Crippen molar-refractivity contribution in [3.8, 4) is 5.75 Å². The molecular weight excluding hydrogens is 388 g/mol. The van der Waals surface area contributed by atoms with Gasteiger partial charge in [-0.05, 0) is 54.6 Å². The third-order valence-corrected chi connectivity index (χ3v) is 5.36. The van der Waals surface area contributed by atoms with Crippen molar-refractivity contribution >= 4 is 40.6 Å². The summed E-state index contributed by atoms with van der Waals surface area (Å²) >= 11 is 1.28. The number of unbranched alkanes of at least 4 members (excludes halogenated alkanes) is 1. The van der Waals surface area contributed by atoms with Gasteiger partial charge in [-0.1, -0.05) is 31.5 Å². The Kier molecular flexibility index (Phi) is 6.72. The molecule has 1 saturated heterocycles. The van der Waals surface area contributed by atoms with Crippen LogP contribution >= 0.6 is 11.8 Å². The highest BCUT2D eigenvalue weighted by Gasteiger charge is 2.30. The van der Waals surface area contributed by atoms with E-state index in [2.05, 4.69) is 11.9 Å². The number of ether oxygens (including phenoxy) is 1. The lowest BCUT2D eigenvalue weighted by molar-refractivity contribution is -0.121. The summed E-state index contributed by atoms with van der Waals surface area (Å²) in [6, 6.07) is 13.9. The highest BCUT2D eigenvalue weighted by atomic mass is 32.2. The molecule has 0 radical (unpaired) electrons. The first-order valence-corrected chi connectivity index (χ1v) is 10.1. The monoisotopic (exact) mass is 410 g/mol. The molecule has 1 heterocycles. The summed E-state index contributed by atoms with van der Waals surface area (Å²) in [6.07, 6.45) is 3.84. The molecule has 1 fully saturated rings. The van der Waals surface area contributed by atoms with Crippen LogP contribution in [0, 0.1) is 0 Å². The molecule has 0 spiro atoms. The van der Waals surface area contributed by atoms with Crippen LogP contribution in [0.2, 0.25) is 0 Å². The SMILES string of the molecule is CCCCOc1ccccc1/C=C1/SC(=Nc2ccc(C(=O)O)cc2)N(C)C1=O. The number of hydrogen-bond donors (Lipinski definition) is 1. The normalized spacial score (nSPS) is 16.6. The van der Waals surface area contributed by atoms with E-state index in [1.807, 2.05) is 30.3 Å². The molecule has 0 atom stereocenters. The van der Waals surface area contributed by atoms with Crippen LogP contribution in [0.5, 0.6) is 5.75 Å². The largest absolute Gasteiger partial charge is 0.493 e. The van der Waals surface area contributed by atoms with Crippen molar-refractivity contribution in [3.05, 3.63) is 64.6 Å². The average molecular weight is 410 g/mol. The number of aliphatic imine (C=N–C) groups is 1. The predicted molar refractivity (Wildman–Crippen MR) is 116 cm³/mol. The fourth-order valence-corrected chi connectivity index (χ4v) is 3.62. The fraction of sp³-hybridized carbons (Fsp3) is 0.227. The van der Waals surface area contributed by atoms with Gasteiger partial charge in [0.15, 0.2) is 5.17 Å². The maximum atomic E-state index is 12.7. The molecule has 0 unspecified atom stereocenters. The molecule has 0 aromatic heterocycles. The number of carbonyl (C=O) groups excluding carboxylic acids is 1. The Morgan fingerprint density at radius 2 is 1.93 bits per heavy atom. The summed E-state index contributed by atoms with van der Waals surface area (Å²) in [5.74, 6) is -0.379. The summed E-state index contributed by atoms with van der Waals surface area (Å²) in [6.45, 7) is 2.74. The lowest BCUT2D eigenvalue weighted by Gasteiger charge is -2.09. The topological polar surface area (TPSA) is 79.2 Å². The van der Waals surface area contributed by atoms with Crippen LogP contribution in [0.4, 0.5) is 5.69 Å². The van der Waals surface area contributed by atoms with Crippen molar-refractivity contribution in [2.75, 3.05) is 13.7 Å². The number of thioether (sulfide) groups is 1. The molecule has 7 heteroatoms. The van der Waals surface area contributed by atoms with Gasteiger partial charge in [0.1, 0.15) is 5.75 Å². The zero-order chi connectivity index (χ0) is 20.8. The molecule has 29 heavy (non-hydrogen) atoms. The van der Waals surface area contributed by atoms with E-state index >= 15 is 0 Å². The molecule has 1 amide bonds. The molecule has 1 aliphatic rings. The Balaban J connectivity index is 1.82. The smallest absolute Gasteiger partial charge is 0.335 e. The van der Waals surface area contributed by atoms with Gasteiger partial charge in [0.2, 0.25) is 0 Å². The van der Waals surface area contributed by atoms with E-state index < -0.39 is 5.97 Å². The quantitative estimate of drug-likeness (QED) is 0.524. The number of aromatic carboxylic acids is 1. The fourth-order valence-electron chi connectivity index (χ4n) is 2.64. The molecule has 1 aliphatic heterocycles. The number of amidine groups is 1. The van der Waals surface area contributed by atoms with Crippen LogP contribution in [-0.4, -0.2) is 40.7 Å². The third-order valence-electron chi connectivity index (χ3n) is 4.30. The van der Waals surface area contributed by atoms with E-state index in [1.54, 1.807) is 19.2 Å². The molecule has 0 aliphatic carbocycles. The minimum absolute atomic E-state index is 0.140. The Morgan fingerprint density at radius 3 is 2.62 bits per heavy atom. The van der Waals surface area contributed by atoms with E-state index in [0.29, 0.717) is 22.4 Å². The minimum atomic E-state index is -0.989. The van der Waals surface area contributed by atoms with Crippen molar-refractivity contribution in [1.82, 2.24) is 4.90 Å². The Bertz CT molecular complexity index is 967. The molecule has 2 aromatic carbocycles. The molecule has 6 nitrogen and oxygen atoms in total. The second-order valence-electron chi connectivity index (χ2n) is 6.46. The zero-order valence-electron chi connectivity index (χ0n) is 16.3. The molecule has 150 valence electrons. The number of amides is 1. The van der Waals surface area contributed by atoms with Crippen molar-refractivity contribution in [2.45, 2.75) is 19.8 Å². The Morgan fingerprint density at radius 1 is 1.21 bits per heavy atom. The number of carboxylic acid groups (broad SMARTS) is 1. The molecule has 3 rings (SSSR count). The van der Waals surface area contributed by atoms with Crippen LogP contribution < -0.4 is 4.74 Å². The molecule has 2 aromatic rings. The Hall–Kier alpha value is -3.06. The summed E-state index contributed by atoms with van der Waals surface area (Å²) in [5, 5.41) is 9.53. The van der Waals surface area contributed by atoms with Crippen molar-refractivity contribution in [2.24, 2.45) is 4.99 Å². The standard InChI is InChI=1S/C22H22N2O4S/c1-3-4-13-28-18-8-6-5-7-16(18)14-19-20(25)24(2)22(29-19)23-17-11-9-15(10-12-17)21(26)27/h5-12,14H,3-4,13H2,1-2H3,(H,26,27)/b19-14+,23-22?. The number of para-hydroxylation sites is 1. The first-order chi connectivity index (χ1) is 14.0. The number of hydrogen-bond acceptors (Lipinski definition) is 5. The maximum Gasteiger partial charge on any atom is 0.335 e. The van der Waals surface area contributed by atoms with E-state index in [4.69, 9.17) is 9.84 Å². The van der Waals surface area contributed by atoms with Gasteiger partial charge < -0.3 is 9.84 Å². The molecule has 0 saturated carbocycles. The lowest BCUT2D eigenvalue weighted by Crippen LogP contribution is -2.23. The summed E-state index contributed by atoms with van der Waals surface area (Å²) in [4.78, 5) is 30.2. The number of carboxylic acids is 1. The van der Waals surface area contributed by atoms with E-state index in [9.17, 15) is 9.59 Å². The van der Waals surface area contributed by atoms with Gasteiger partial charge in [-0.15, -0.1) is 0 Å². The van der Waals surface area contributed by atoms with Crippen molar-refractivity contribution in [3.63, 3.8) is 0 Å². The average Bonchev–Trinajstić information content (AvgIpc) is 2.97. The van der Waals surface area contributed by atoms with Crippen LogP contribution in [-0.2, 0) is 4.79 Å². The van der Waals surface area contributed by atoms with Gasteiger partial charge in [-0.25, -0.2) is 9.79 Å². The van der Waals surface area contributed by atoms with Gasteiger partial charge in [0.05, 0.1) is 22.8 Å². The van der Waals surface area contributed by atoms with Gasteiger partial charge in [-0.2, -0.15) is 0 Å². The van der Waals surface area contributed by atoms with Gasteiger partial charge in [0.25, 0.3) is 5.91 Å². The molecule has 1 N–H and O–H groups in total. The van der Waals surface area contributed by atoms with Crippen molar-refractivity contribution < 1.29 is 19.4 Å². The number of nitrogens with zero attached hydrogens (tertiary/aromatic N) is 2. The third kappa shape index (κ3) is 5.06. The van der Waals surface area contributed by atoms with Crippen LogP contribution in [0.15, 0.2) is 58.4 Å².